The summed E-state index contributed by atoms with van der Waals surface area (Å²) in [7, 11) is 3.78. The normalized spacial score (nSPS) is 17.5. The van der Waals surface area contributed by atoms with Crippen LogP contribution in [0.2, 0.25) is 5.02 Å². The van der Waals surface area contributed by atoms with E-state index in [1.165, 1.54) is 0 Å². The van der Waals surface area contributed by atoms with Gasteiger partial charge in [0, 0.05) is 30.5 Å². The molecule has 0 saturated heterocycles. The SMILES string of the molecule is CC1=C(C(=O)Nc2ccccc2)[C@@H](c2ccc(Cl)cc2)N(C)C(=S)N1C. The lowest BCUT2D eigenvalue weighted by molar-refractivity contribution is -0.113. The second-order valence-electron chi connectivity index (χ2n) is 6.23. The van der Waals surface area contributed by atoms with Gasteiger partial charge in [-0.25, -0.2) is 0 Å². The van der Waals surface area contributed by atoms with Gasteiger partial charge >= 0.3 is 0 Å². The highest BCUT2D eigenvalue weighted by Crippen LogP contribution is 2.36. The number of hydrogen-bond acceptors (Lipinski definition) is 2. The molecule has 0 radical (unpaired) electrons. The van der Waals surface area contributed by atoms with Crippen molar-refractivity contribution in [2.24, 2.45) is 0 Å². The van der Waals surface area contributed by atoms with Crippen LogP contribution in [-0.2, 0) is 4.79 Å². The summed E-state index contributed by atoms with van der Waals surface area (Å²) >= 11 is 11.6. The van der Waals surface area contributed by atoms with Gasteiger partial charge in [-0.05, 0) is 49.0 Å². The third kappa shape index (κ3) is 3.45. The molecule has 2 aromatic rings. The number of rotatable bonds is 3. The average Bonchev–Trinajstić information content (AvgIpc) is 2.64. The van der Waals surface area contributed by atoms with E-state index in [1.54, 1.807) is 0 Å². The first kappa shape index (κ1) is 18.4. The molecule has 1 atom stereocenters. The highest BCUT2D eigenvalue weighted by molar-refractivity contribution is 7.80. The molecule has 1 amide bonds. The molecule has 1 N–H and O–H groups in total. The maximum absolute atomic E-state index is 13.1. The zero-order valence-electron chi connectivity index (χ0n) is 14.9. The van der Waals surface area contributed by atoms with Gasteiger partial charge in [0.05, 0.1) is 11.6 Å². The van der Waals surface area contributed by atoms with Gasteiger partial charge in [0.15, 0.2) is 5.11 Å². The van der Waals surface area contributed by atoms with Crippen LogP contribution in [0.3, 0.4) is 0 Å². The van der Waals surface area contributed by atoms with Gasteiger partial charge in [-0.2, -0.15) is 0 Å². The van der Waals surface area contributed by atoms with Crippen molar-refractivity contribution in [3.63, 3.8) is 0 Å². The molecule has 2 aromatic carbocycles. The van der Waals surface area contributed by atoms with Crippen molar-refractivity contribution in [1.29, 1.82) is 0 Å². The number of thiocarbonyl (C=S) groups is 1. The highest BCUT2D eigenvalue weighted by atomic mass is 35.5. The molecule has 3 rings (SSSR count). The van der Waals surface area contributed by atoms with Gasteiger partial charge in [0.25, 0.3) is 5.91 Å². The van der Waals surface area contributed by atoms with E-state index in [0.717, 1.165) is 16.9 Å². The summed E-state index contributed by atoms with van der Waals surface area (Å²) in [5.41, 5.74) is 3.22. The smallest absolute Gasteiger partial charge is 0.255 e. The molecule has 0 aliphatic carbocycles. The molecule has 26 heavy (non-hydrogen) atoms. The van der Waals surface area contributed by atoms with Crippen LogP contribution in [0.5, 0.6) is 0 Å². The van der Waals surface area contributed by atoms with Crippen LogP contribution in [0.1, 0.15) is 18.5 Å². The van der Waals surface area contributed by atoms with Gasteiger partial charge in [-0.3, -0.25) is 4.79 Å². The van der Waals surface area contributed by atoms with Gasteiger partial charge in [-0.1, -0.05) is 41.9 Å². The summed E-state index contributed by atoms with van der Waals surface area (Å²) < 4.78 is 0. The number of benzene rings is 2. The number of likely N-dealkylation sites (N-methyl/N-ethyl adjacent to an activating group) is 1. The lowest BCUT2D eigenvalue weighted by Gasteiger charge is -2.42. The number of carbonyl (C=O) groups excluding carboxylic acids is 1. The molecule has 1 aliphatic heterocycles. The monoisotopic (exact) mass is 385 g/mol. The minimum atomic E-state index is -0.278. The third-order valence-electron chi connectivity index (χ3n) is 4.60. The van der Waals surface area contributed by atoms with E-state index in [4.69, 9.17) is 23.8 Å². The number of anilines is 1. The summed E-state index contributed by atoms with van der Waals surface area (Å²) in [5, 5.41) is 4.31. The molecule has 0 saturated carbocycles. The van der Waals surface area contributed by atoms with Crippen molar-refractivity contribution in [3.05, 3.63) is 76.5 Å². The fourth-order valence-corrected chi connectivity index (χ4v) is 3.47. The molecular weight excluding hydrogens is 366 g/mol. The van der Waals surface area contributed by atoms with Crippen molar-refractivity contribution < 1.29 is 4.79 Å². The minimum Gasteiger partial charge on any atom is -0.340 e. The maximum atomic E-state index is 13.1. The van der Waals surface area contributed by atoms with Crippen LogP contribution in [0, 0.1) is 0 Å². The molecule has 1 aliphatic rings. The second-order valence-corrected chi connectivity index (χ2v) is 7.03. The fraction of sp³-hybridized carbons (Fsp3) is 0.200. The number of hydrogen-bond donors (Lipinski definition) is 1. The number of carbonyl (C=O) groups is 1. The van der Waals surface area contributed by atoms with Crippen molar-refractivity contribution in [1.82, 2.24) is 9.80 Å². The summed E-state index contributed by atoms with van der Waals surface area (Å²) in [6.07, 6.45) is 0. The Morgan fingerprint density at radius 3 is 2.31 bits per heavy atom. The van der Waals surface area contributed by atoms with E-state index in [9.17, 15) is 4.79 Å². The first-order chi connectivity index (χ1) is 12.4. The quantitative estimate of drug-likeness (QED) is 0.791. The van der Waals surface area contributed by atoms with Crippen molar-refractivity contribution >= 4 is 40.5 Å². The Balaban J connectivity index is 2.05. The molecule has 1 heterocycles. The first-order valence-electron chi connectivity index (χ1n) is 8.23. The Labute approximate surface area is 164 Å². The molecule has 0 bridgehead atoms. The van der Waals surface area contributed by atoms with E-state index < -0.39 is 0 Å². The standard InChI is InChI=1S/C20H20ClN3OS/c1-13-17(19(25)22-16-7-5-4-6-8-16)18(24(3)20(26)23(13)2)14-9-11-15(21)12-10-14/h4-12,18H,1-3H3,(H,22,25)/t18-/m1/s1. The average molecular weight is 386 g/mol. The van der Waals surface area contributed by atoms with Crippen LogP contribution in [0.15, 0.2) is 65.9 Å². The highest BCUT2D eigenvalue weighted by Gasteiger charge is 2.36. The number of nitrogens with one attached hydrogen (secondary N) is 1. The fourth-order valence-electron chi connectivity index (χ4n) is 3.11. The van der Waals surface area contributed by atoms with Crippen LogP contribution in [-0.4, -0.2) is 34.9 Å². The maximum Gasteiger partial charge on any atom is 0.255 e. The van der Waals surface area contributed by atoms with Gasteiger partial charge in [-0.15, -0.1) is 0 Å². The molecule has 134 valence electrons. The number of allylic oxidation sites excluding steroid dienone is 1. The lowest BCUT2D eigenvalue weighted by atomic mass is 9.93. The molecule has 0 fully saturated rings. The number of nitrogens with zero attached hydrogens (tertiary/aromatic N) is 2. The zero-order valence-corrected chi connectivity index (χ0v) is 16.4. The Morgan fingerprint density at radius 1 is 1.08 bits per heavy atom. The van der Waals surface area contributed by atoms with Crippen molar-refractivity contribution in [2.45, 2.75) is 13.0 Å². The van der Waals surface area contributed by atoms with E-state index in [0.29, 0.717) is 15.7 Å². The van der Waals surface area contributed by atoms with Crippen molar-refractivity contribution in [2.75, 3.05) is 19.4 Å². The second kappa shape index (κ2) is 7.48. The Bertz CT molecular complexity index is 864. The van der Waals surface area contributed by atoms with E-state index in [-0.39, 0.29) is 11.9 Å². The third-order valence-corrected chi connectivity index (χ3v) is 5.42. The predicted octanol–water partition coefficient (Wildman–Crippen LogP) is 4.46. The van der Waals surface area contributed by atoms with E-state index >= 15 is 0 Å². The topological polar surface area (TPSA) is 35.6 Å². The Kier molecular flexibility index (Phi) is 5.30. The van der Waals surface area contributed by atoms with E-state index in [1.807, 2.05) is 85.4 Å². The number of halogens is 1. The Hall–Kier alpha value is -2.37. The summed E-state index contributed by atoms with van der Waals surface area (Å²) in [6.45, 7) is 1.92. The van der Waals surface area contributed by atoms with Gasteiger partial charge in [0.1, 0.15) is 0 Å². The van der Waals surface area contributed by atoms with Gasteiger partial charge in [0.2, 0.25) is 0 Å². The van der Waals surface area contributed by atoms with Gasteiger partial charge < -0.3 is 15.1 Å². The summed E-state index contributed by atoms with van der Waals surface area (Å²) in [6, 6.07) is 16.7. The van der Waals surface area contributed by atoms with Crippen LogP contribution in [0.25, 0.3) is 0 Å². The first-order valence-corrected chi connectivity index (χ1v) is 9.02. The van der Waals surface area contributed by atoms with Crippen LogP contribution < -0.4 is 5.32 Å². The zero-order chi connectivity index (χ0) is 18.8. The van der Waals surface area contributed by atoms with Crippen LogP contribution in [0.4, 0.5) is 5.69 Å². The predicted molar refractivity (Wildman–Crippen MR) is 110 cm³/mol. The molecule has 0 spiro atoms. The number of para-hydroxylation sites is 1. The molecular formula is C20H20ClN3OS. The largest absolute Gasteiger partial charge is 0.340 e. The summed E-state index contributed by atoms with van der Waals surface area (Å²) in [4.78, 5) is 16.9. The van der Waals surface area contributed by atoms with Crippen molar-refractivity contribution in [3.8, 4) is 0 Å². The number of amides is 1. The molecule has 6 heteroatoms. The molecule has 0 unspecified atom stereocenters. The van der Waals surface area contributed by atoms with Crippen LogP contribution >= 0.6 is 23.8 Å². The molecule has 0 aromatic heterocycles. The summed E-state index contributed by atoms with van der Waals surface area (Å²) in [5.74, 6) is -0.144. The molecule has 4 nitrogen and oxygen atoms in total. The van der Waals surface area contributed by atoms with E-state index in [2.05, 4.69) is 5.32 Å². The minimum absolute atomic E-state index is 0.144. The lowest BCUT2D eigenvalue weighted by Crippen LogP contribution is -2.47. The Morgan fingerprint density at radius 2 is 1.69 bits per heavy atom.